The van der Waals surface area contributed by atoms with E-state index < -0.39 is 0 Å². The molecule has 0 saturated heterocycles. The highest BCUT2D eigenvalue weighted by molar-refractivity contribution is 14.1. The zero-order chi connectivity index (χ0) is 13.0. The third kappa shape index (κ3) is 3.43. The van der Waals surface area contributed by atoms with E-state index in [2.05, 4.69) is 32.9 Å². The Kier molecular flexibility index (Phi) is 4.54. The number of pyridine rings is 1. The van der Waals surface area contributed by atoms with Gasteiger partial charge < -0.3 is 10.1 Å². The molecule has 0 bridgehead atoms. The van der Waals surface area contributed by atoms with E-state index in [1.54, 1.807) is 0 Å². The van der Waals surface area contributed by atoms with Crippen LogP contribution in [0.15, 0.2) is 36.5 Å². The van der Waals surface area contributed by atoms with Crippen molar-refractivity contribution in [3.8, 4) is 11.5 Å². The van der Waals surface area contributed by atoms with Crippen molar-refractivity contribution in [1.82, 2.24) is 10.3 Å². The van der Waals surface area contributed by atoms with Gasteiger partial charge in [-0.25, -0.2) is 0 Å². The third-order valence-corrected chi connectivity index (χ3v) is 3.14. The normalized spacial score (nSPS) is 10.4. The molecule has 1 aromatic heterocycles. The summed E-state index contributed by atoms with van der Waals surface area (Å²) in [6, 6.07) is 9.97. The number of halogens is 1. The van der Waals surface area contributed by atoms with E-state index in [1.807, 2.05) is 50.5 Å². The van der Waals surface area contributed by atoms with Crippen molar-refractivity contribution < 1.29 is 4.74 Å². The lowest BCUT2D eigenvalue weighted by Gasteiger charge is -2.11. The molecular weight excluding hydrogens is 339 g/mol. The van der Waals surface area contributed by atoms with Gasteiger partial charge in [-0.3, -0.25) is 4.98 Å². The Bertz CT molecular complexity index is 543. The summed E-state index contributed by atoms with van der Waals surface area (Å²) in [4.78, 5) is 4.30. The van der Waals surface area contributed by atoms with Gasteiger partial charge in [0.2, 0.25) is 0 Å². The molecule has 1 N–H and O–H groups in total. The summed E-state index contributed by atoms with van der Waals surface area (Å²) >= 11 is 2.28. The number of hydrogen-bond donors (Lipinski definition) is 1. The first-order valence-electron chi connectivity index (χ1n) is 5.72. The van der Waals surface area contributed by atoms with Crippen LogP contribution < -0.4 is 10.1 Å². The zero-order valence-corrected chi connectivity index (χ0v) is 12.6. The minimum atomic E-state index is 0.743. The lowest BCUT2D eigenvalue weighted by atomic mass is 10.2. The second-order valence-electron chi connectivity index (χ2n) is 4.02. The van der Waals surface area contributed by atoms with Gasteiger partial charge in [-0.15, -0.1) is 0 Å². The number of rotatable bonds is 4. The maximum atomic E-state index is 5.94. The summed E-state index contributed by atoms with van der Waals surface area (Å²) < 4.78 is 7.10. The highest BCUT2D eigenvalue weighted by atomic mass is 127. The van der Waals surface area contributed by atoms with Crippen LogP contribution in [0, 0.1) is 10.5 Å². The van der Waals surface area contributed by atoms with Crippen LogP contribution in [0.25, 0.3) is 0 Å². The van der Waals surface area contributed by atoms with Gasteiger partial charge in [0.25, 0.3) is 0 Å². The minimum Gasteiger partial charge on any atom is -0.457 e. The molecule has 0 fully saturated rings. The summed E-state index contributed by atoms with van der Waals surface area (Å²) in [5.41, 5.74) is 2.01. The van der Waals surface area contributed by atoms with E-state index in [0.717, 1.165) is 32.9 Å². The number of hydrogen-bond acceptors (Lipinski definition) is 3. The van der Waals surface area contributed by atoms with Crippen LogP contribution in [0.3, 0.4) is 0 Å². The van der Waals surface area contributed by atoms with E-state index >= 15 is 0 Å². The van der Waals surface area contributed by atoms with Crippen LogP contribution in [0.1, 0.15) is 11.3 Å². The Morgan fingerprint density at radius 3 is 2.89 bits per heavy atom. The number of nitrogens with zero attached hydrogens (tertiary/aromatic N) is 1. The molecule has 0 aliphatic carbocycles. The number of benzene rings is 1. The maximum Gasteiger partial charge on any atom is 0.135 e. The highest BCUT2D eigenvalue weighted by Gasteiger charge is 2.06. The van der Waals surface area contributed by atoms with E-state index in [0.29, 0.717) is 0 Å². The van der Waals surface area contributed by atoms with E-state index in [4.69, 9.17) is 4.74 Å². The fraction of sp³-hybridized carbons (Fsp3) is 0.214. The molecule has 2 rings (SSSR count). The first-order valence-corrected chi connectivity index (χ1v) is 6.80. The smallest absolute Gasteiger partial charge is 0.135 e. The SMILES string of the molecule is CNCc1cnc(C)cc1Oc1cccc(I)c1. The predicted molar refractivity (Wildman–Crippen MR) is 81.0 cm³/mol. The van der Waals surface area contributed by atoms with Crippen molar-refractivity contribution >= 4 is 22.6 Å². The fourth-order valence-electron chi connectivity index (χ4n) is 1.64. The first kappa shape index (κ1) is 13.3. The quantitative estimate of drug-likeness (QED) is 0.854. The van der Waals surface area contributed by atoms with Crippen molar-refractivity contribution in [2.45, 2.75) is 13.5 Å². The van der Waals surface area contributed by atoms with Gasteiger partial charge in [0.1, 0.15) is 11.5 Å². The number of aromatic nitrogens is 1. The second-order valence-corrected chi connectivity index (χ2v) is 5.27. The monoisotopic (exact) mass is 354 g/mol. The summed E-state index contributed by atoms with van der Waals surface area (Å²) in [6.45, 7) is 2.71. The topological polar surface area (TPSA) is 34.2 Å². The third-order valence-electron chi connectivity index (χ3n) is 2.47. The second kappa shape index (κ2) is 6.15. The lowest BCUT2D eigenvalue weighted by Crippen LogP contribution is -2.07. The largest absolute Gasteiger partial charge is 0.457 e. The molecule has 0 aliphatic heterocycles. The number of aryl methyl sites for hydroxylation is 1. The Morgan fingerprint density at radius 1 is 1.33 bits per heavy atom. The van der Waals surface area contributed by atoms with Gasteiger partial charge in [0.15, 0.2) is 0 Å². The molecule has 2 aromatic rings. The van der Waals surface area contributed by atoms with Crippen LogP contribution in [0.2, 0.25) is 0 Å². The summed E-state index contributed by atoms with van der Waals surface area (Å²) in [5, 5.41) is 3.12. The Labute approximate surface area is 121 Å². The van der Waals surface area contributed by atoms with Crippen LogP contribution in [-0.4, -0.2) is 12.0 Å². The zero-order valence-electron chi connectivity index (χ0n) is 10.4. The predicted octanol–water partition coefficient (Wildman–Crippen LogP) is 3.51. The average Bonchev–Trinajstić information content (AvgIpc) is 2.33. The standard InChI is InChI=1S/C14H15IN2O/c1-10-6-14(11(8-16-2)9-17-10)18-13-5-3-4-12(15)7-13/h3-7,9,16H,8H2,1-2H3. The molecule has 3 nitrogen and oxygen atoms in total. The summed E-state index contributed by atoms with van der Waals surface area (Å²) in [6.07, 6.45) is 1.86. The molecule has 0 saturated carbocycles. The van der Waals surface area contributed by atoms with Gasteiger partial charge in [0.05, 0.1) is 0 Å². The molecular formula is C14H15IN2O. The summed E-state index contributed by atoms with van der Waals surface area (Å²) in [7, 11) is 1.91. The first-order chi connectivity index (χ1) is 8.69. The molecule has 0 atom stereocenters. The molecule has 0 amide bonds. The Hall–Kier alpha value is -1.14. The van der Waals surface area contributed by atoms with E-state index in [9.17, 15) is 0 Å². The molecule has 94 valence electrons. The van der Waals surface area contributed by atoms with Crippen LogP contribution in [0.5, 0.6) is 11.5 Å². The van der Waals surface area contributed by atoms with Gasteiger partial charge in [-0.05, 0) is 54.8 Å². The van der Waals surface area contributed by atoms with Gasteiger partial charge in [-0.2, -0.15) is 0 Å². The molecule has 1 aromatic carbocycles. The molecule has 0 aliphatic rings. The van der Waals surface area contributed by atoms with Crippen molar-refractivity contribution in [3.05, 3.63) is 51.4 Å². The van der Waals surface area contributed by atoms with E-state index in [-0.39, 0.29) is 0 Å². The molecule has 18 heavy (non-hydrogen) atoms. The van der Waals surface area contributed by atoms with Gasteiger partial charge in [-0.1, -0.05) is 6.07 Å². The molecule has 1 heterocycles. The Morgan fingerprint density at radius 2 is 2.17 bits per heavy atom. The fourth-order valence-corrected chi connectivity index (χ4v) is 2.15. The maximum absolute atomic E-state index is 5.94. The van der Waals surface area contributed by atoms with Crippen molar-refractivity contribution in [1.29, 1.82) is 0 Å². The van der Waals surface area contributed by atoms with E-state index in [1.165, 1.54) is 0 Å². The van der Waals surface area contributed by atoms with Crippen LogP contribution >= 0.6 is 22.6 Å². The van der Waals surface area contributed by atoms with Crippen molar-refractivity contribution in [2.75, 3.05) is 7.05 Å². The van der Waals surface area contributed by atoms with Crippen LogP contribution in [-0.2, 0) is 6.54 Å². The summed E-state index contributed by atoms with van der Waals surface area (Å²) in [5.74, 6) is 1.71. The Balaban J connectivity index is 2.29. The van der Waals surface area contributed by atoms with Crippen molar-refractivity contribution in [2.24, 2.45) is 0 Å². The highest BCUT2D eigenvalue weighted by Crippen LogP contribution is 2.26. The van der Waals surface area contributed by atoms with Crippen molar-refractivity contribution in [3.63, 3.8) is 0 Å². The molecule has 0 spiro atoms. The lowest BCUT2D eigenvalue weighted by molar-refractivity contribution is 0.472. The molecule has 0 radical (unpaired) electrons. The minimum absolute atomic E-state index is 0.743. The van der Waals surface area contributed by atoms with Gasteiger partial charge in [0, 0.05) is 33.6 Å². The van der Waals surface area contributed by atoms with Crippen LogP contribution in [0.4, 0.5) is 0 Å². The van der Waals surface area contributed by atoms with Gasteiger partial charge >= 0.3 is 0 Å². The molecule has 0 unspecified atom stereocenters. The molecule has 4 heteroatoms. The average molecular weight is 354 g/mol. The number of ether oxygens (including phenoxy) is 1. The number of nitrogens with one attached hydrogen (secondary N) is 1.